The maximum absolute atomic E-state index is 4.14. The number of thiol groups is 1. The lowest BCUT2D eigenvalue weighted by molar-refractivity contribution is 1.39. The van der Waals surface area contributed by atoms with Crippen LogP contribution in [-0.2, 0) is 0 Å². The Balaban J connectivity index is 3.09. The van der Waals surface area contributed by atoms with Gasteiger partial charge in [0.2, 0.25) is 0 Å². The van der Waals surface area contributed by atoms with E-state index >= 15 is 0 Å². The van der Waals surface area contributed by atoms with E-state index in [1.807, 2.05) is 0 Å². The predicted molar refractivity (Wildman–Crippen MR) is 66.7 cm³/mol. The molecule has 0 aliphatic carbocycles. The zero-order chi connectivity index (χ0) is 7.56. The van der Waals surface area contributed by atoms with Gasteiger partial charge >= 0.3 is 0 Å². The van der Waals surface area contributed by atoms with Gasteiger partial charge in [-0.15, -0.1) is 11.7 Å². The fourth-order valence-corrected chi connectivity index (χ4v) is 3.23. The van der Waals surface area contributed by atoms with Gasteiger partial charge in [-0.1, -0.05) is 10.8 Å². The van der Waals surface area contributed by atoms with Crippen molar-refractivity contribution < 1.29 is 0 Å². The van der Waals surface area contributed by atoms with E-state index in [9.17, 15) is 0 Å². The van der Waals surface area contributed by atoms with Gasteiger partial charge in [0.05, 0.1) is 0 Å². The van der Waals surface area contributed by atoms with Crippen LogP contribution in [0.4, 0.5) is 0 Å². The maximum Gasteiger partial charge on any atom is 0.0324 e. The normalized spacial score (nSPS) is 9.90. The zero-order valence-corrected chi connectivity index (χ0v) is 10.9. The summed E-state index contributed by atoms with van der Waals surface area (Å²) in [5.41, 5.74) is 0. The van der Waals surface area contributed by atoms with Crippen LogP contribution in [0, 0.1) is 7.14 Å². The number of hydrogen-bond donors (Lipinski definition) is 1. The Labute approximate surface area is 96.6 Å². The average Bonchev–Trinajstić information content (AvgIpc) is 1.94. The molecule has 0 N–H and O–H groups in total. The maximum atomic E-state index is 4.14. The van der Waals surface area contributed by atoms with Crippen LogP contribution in [-0.4, -0.2) is 0 Å². The van der Waals surface area contributed by atoms with Gasteiger partial charge < -0.3 is 0 Å². The topological polar surface area (TPSA) is 0 Å². The molecule has 0 saturated heterocycles. The second-order valence-electron chi connectivity index (χ2n) is 1.67. The SMILES string of the molecule is SSc1cc(I)ccc1I. The minimum atomic E-state index is 1.23. The first-order chi connectivity index (χ1) is 4.74. The van der Waals surface area contributed by atoms with Gasteiger partial charge in [-0.3, -0.25) is 0 Å². The molecule has 0 heterocycles. The van der Waals surface area contributed by atoms with Crippen molar-refractivity contribution in [1.82, 2.24) is 0 Å². The Bertz CT molecular complexity index is 237. The van der Waals surface area contributed by atoms with E-state index < -0.39 is 0 Å². The highest BCUT2D eigenvalue weighted by molar-refractivity contribution is 14.1. The molecule has 0 unspecified atom stereocenters. The molecule has 0 amide bonds. The molecule has 0 aliphatic rings. The van der Waals surface area contributed by atoms with E-state index in [0.29, 0.717) is 0 Å². The minimum absolute atomic E-state index is 1.23. The van der Waals surface area contributed by atoms with Gasteiger partial charge in [0.1, 0.15) is 0 Å². The molecule has 1 rings (SSSR count). The monoisotopic (exact) mass is 394 g/mol. The molecule has 0 saturated carbocycles. The molecule has 0 spiro atoms. The van der Waals surface area contributed by atoms with E-state index in [-0.39, 0.29) is 0 Å². The molecule has 54 valence electrons. The Morgan fingerprint density at radius 1 is 1.30 bits per heavy atom. The second kappa shape index (κ2) is 4.42. The number of hydrogen-bond acceptors (Lipinski definition) is 2. The third-order valence-electron chi connectivity index (χ3n) is 0.992. The molecule has 10 heavy (non-hydrogen) atoms. The highest BCUT2D eigenvalue weighted by Gasteiger charge is 1.97. The molecule has 4 heteroatoms. The summed E-state index contributed by atoms with van der Waals surface area (Å²) in [4.78, 5) is 1.23. The van der Waals surface area contributed by atoms with Crippen LogP contribution in [0.15, 0.2) is 23.1 Å². The highest BCUT2D eigenvalue weighted by Crippen LogP contribution is 2.28. The zero-order valence-electron chi connectivity index (χ0n) is 4.84. The third kappa shape index (κ3) is 2.46. The molecule has 0 fully saturated rings. The van der Waals surface area contributed by atoms with Crippen LogP contribution in [0.25, 0.3) is 0 Å². The molecule has 1 aromatic rings. The molecule has 0 aromatic heterocycles. The first-order valence-corrected chi connectivity index (χ1v) is 6.53. The van der Waals surface area contributed by atoms with Crippen LogP contribution in [0.1, 0.15) is 0 Å². The number of halogens is 2. The van der Waals surface area contributed by atoms with Crippen LogP contribution in [0.5, 0.6) is 0 Å². The van der Waals surface area contributed by atoms with E-state index in [4.69, 9.17) is 0 Å². The summed E-state index contributed by atoms with van der Waals surface area (Å²) >= 11 is 8.73. The number of rotatable bonds is 1. The largest absolute Gasteiger partial charge is 0.106 e. The average molecular weight is 394 g/mol. The van der Waals surface area contributed by atoms with Crippen molar-refractivity contribution >= 4 is 67.6 Å². The number of benzene rings is 1. The lowest BCUT2D eigenvalue weighted by atomic mass is 10.4. The predicted octanol–water partition coefficient (Wildman–Crippen LogP) is 3.83. The summed E-state index contributed by atoms with van der Waals surface area (Å²) in [6, 6.07) is 6.32. The van der Waals surface area contributed by atoms with Gasteiger partial charge in [0, 0.05) is 12.0 Å². The Morgan fingerprint density at radius 2 is 2.00 bits per heavy atom. The van der Waals surface area contributed by atoms with Crippen molar-refractivity contribution in [2.45, 2.75) is 4.90 Å². The molecule has 1 aromatic carbocycles. The van der Waals surface area contributed by atoms with E-state index in [2.05, 4.69) is 75.0 Å². The lowest BCUT2D eigenvalue weighted by Gasteiger charge is -1.98. The lowest BCUT2D eigenvalue weighted by Crippen LogP contribution is -1.77. The van der Waals surface area contributed by atoms with Gasteiger partial charge in [0.15, 0.2) is 0 Å². The summed E-state index contributed by atoms with van der Waals surface area (Å²) in [5, 5.41) is 0. The van der Waals surface area contributed by atoms with Gasteiger partial charge in [-0.25, -0.2) is 0 Å². The minimum Gasteiger partial charge on any atom is -0.106 e. The molecule has 0 aliphatic heterocycles. The molecule has 0 bridgehead atoms. The summed E-state index contributed by atoms with van der Waals surface area (Å²) in [6.07, 6.45) is 0. The van der Waals surface area contributed by atoms with E-state index in [0.717, 1.165) is 0 Å². The first-order valence-electron chi connectivity index (χ1n) is 2.50. The smallest absolute Gasteiger partial charge is 0.0324 e. The van der Waals surface area contributed by atoms with Crippen LogP contribution in [0.2, 0.25) is 0 Å². The van der Waals surface area contributed by atoms with Crippen molar-refractivity contribution in [2.75, 3.05) is 0 Å². The van der Waals surface area contributed by atoms with Crippen LogP contribution >= 0.6 is 67.6 Å². The Kier molecular flexibility index (Phi) is 4.18. The highest BCUT2D eigenvalue weighted by atomic mass is 127. The Hall–Kier alpha value is 1.38. The fourth-order valence-electron chi connectivity index (χ4n) is 0.547. The fraction of sp³-hybridized carbons (Fsp3) is 0. The van der Waals surface area contributed by atoms with Crippen molar-refractivity contribution in [3.8, 4) is 0 Å². The van der Waals surface area contributed by atoms with E-state index in [1.165, 1.54) is 22.8 Å². The molecule has 0 nitrogen and oxygen atoms in total. The second-order valence-corrected chi connectivity index (χ2v) is 5.24. The Morgan fingerprint density at radius 3 is 2.50 bits per heavy atom. The van der Waals surface area contributed by atoms with Gasteiger partial charge in [0.25, 0.3) is 0 Å². The van der Waals surface area contributed by atoms with Gasteiger partial charge in [-0.05, 0) is 63.4 Å². The van der Waals surface area contributed by atoms with Crippen molar-refractivity contribution in [3.05, 3.63) is 25.3 Å². The van der Waals surface area contributed by atoms with E-state index in [1.54, 1.807) is 0 Å². The third-order valence-corrected chi connectivity index (χ3v) is 4.09. The quantitative estimate of drug-likeness (QED) is 0.429. The summed E-state index contributed by atoms with van der Waals surface area (Å²) < 4.78 is 2.52. The molecule has 0 atom stereocenters. The summed E-state index contributed by atoms with van der Waals surface area (Å²) in [7, 11) is 1.49. The van der Waals surface area contributed by atoms with Crippen LogP contribution in [0.3, 0.4) is 0 Å². The van der Waals surface area contributed by atoms with Gasteiger partial charge in [-0.2, -0.15) is 0 Å². The van der Waals surface area contributed by atoms with Crippen molar-refractivity contribution in [3.63, 3.8) is 0 Å². The first kappa shape index (κ1) is 9.47. The molecular formula is C6H4I2S2. The summed E-state index contributed by atoms with van der Waals surface area (Å²) in [5.74, 6) is 0. The van der Waals surface area contributed by atoms with Crippen LogP contribution < -0.4 is 0 Å². The molecule has 0 radical (unpaired) electrons. The summed E-state index contributed by atoms with van der Waals surface area (Å²) in [6.45, 7) is 0. The standard InChI is InChI=1S/C6H4I2S2/c7-4-1-2-5(8)6(3-4)10-9/h1-3,9H. The van der Waals surface area contributed by atoms with Crippen molar-refractivity contribution in [1.29, 1.82) is 0 Å². The molecular weight excluding hydrogens is 390 g/mol. The van der Waals surface area contributed by atoms with Crippen molar-refractivity contribution in [2.24, 2.45) is 0 Å².